The fourth-order valence-corrected chi connectivity index (χ4v) is 2.84. The lowest BCUT2D eigenvalue weighted by atomic mass is 10.0. The van der Waals surface area contributed by atoms with Crippen LogP contribution in [0.2, 0.25) is 0 Å². The quantitative estimate of drug-likeness (QED) is 0.762. The van der Waals surface area contributed by atoms with E-state index in [-0.39, 0.29) is 5.82 Å². The summed E-state index contributed by atoms with van der Waals surface area (Å²) in [6, 6.07) is 16.3. The monoisotopic (exact) mass is 345 g/mol. The summed E-state index contributed by atoms with van der Waals surface area (Å²) < 4.78 is 13.8. The molecule has 3 rings (SSSR count). The maximum atomic E-state index is 13.5. The van der Waals surface area contributed by atoms with Crippen LogP contribution in [0.5, 0.6) is 0 Å². The predicted molar refractivity (Wildman–Crippen MR) is 84.5 cm³/mol. The number of fused-ring (bicyclic) bond motifs is 1. The molecule has 21 heavy (non-hydrogen) atoms. The summed E-state index contributed by atoms with van der Waals surface area (Å²) in [5, 5.41) is 11.4. The third kappa shape index (κ3) is 2.96. The molecule has 2 aromatic carbocycles. The van der Waals surface area contributed by atoms with Gasteiger partial charge < -0.3 is 5.11 Å². The predicted octanol–water partition coefficient (Wildman–Crippen LogP) is 4.41. The highest BCUT2D eigenvalue weighted by molar-refractivity contribution is 9.10. The third-order valence-electron chi connectivity index (χ3n) is 3.40. The number of benzene rings is 2. The Morgan fingerprint density at radius 2 is 1.86 bits per heavy atom. The Bertz CT molecular complexity index is 791. The zero-order valence-electron chi connectivity index (χ0n) is 11.1. The van der Waals surface area contributed by atoms with Crippen molar-refractivity contribution in [2.75, 3.05) is 0 Å². The highest BCUT2D eigenvalue weighted by Crippen LogP contribution is 2.28. The Kier molecular flexibility index (Phi) is 3.99. The lowest BCUT2D eigenvalue weighted by molar-refractivity contribution is 0.176. The van der Waals surface area contributed by atoms with E-state index in [0.29, 0.717) is 16.5 Å². The van der Waals surface area contributed by atoms with E-state index >= 15 is 0 Å². The molecule has 0 fully saturated rings. The van der Waals surface area contributed by atoms with Crippen molar-refractivity contribution in [2.45, 2.75) is 12.5 Å². The molecule has 0 spiro atoms. The number of hydrogen-bond acceptors (Lipinski definition) is 2. The van der Waals surface area contributed by atoms with Gasteiger partial charge in [0.25, 0.3) is 0 Å². The van der Waals surface area contributed by atoms with Crippen molar-refractivity contribution in [1.29, 1.82) is 0 Å². The number of para-hydroxylation sites is 1. The smallest absolute Gasteiger partial charge is 0.137 e. The summed E-state index contributed by atoms with van der Waals surface area (Å²) >= 11 is 3.18. The van der Waals surface area contributed by atoms with Crippen LogP contribution < -0.4 is 0 Å². The molecule has 0 amide bonds. The molecule has 2 nitrogen and oxygen atoms in total. The van der Waals surface area contributed by atoms with Gasteiger partial charge in [-0.25, -0.2) is 4.39 Å². The molecule has 0 saturated carbocycles. The minimum absolute atomic E-state index is 0.304. The van der Waals surface area contributed by atoms with Gasteiger partial charge in [-0.05, 0) is 39.7 Å². The minimum Gasteiger partial charge on any atom is -0.388 e. The Balaban J connectivity index is 1.89. The van der Waals surface area contributed by atoms with E-state index in [0.717, 1.165) is 16.6 Å². The maximum Gasteiger partial charge on any atom is 0.137 e. The Labute approximate surface area is 130 Å². The summed E-state index contributed by atoms with van der Waals surface area (Å²) in [6.07, 6.45) is -0.462. The van der Waals surface area contributed by atoms with Crippen LogP contribution in [0, 0.1) is 5.82 Å². The summed E-state index contributed by atoms with van der Waals surface area (Å²) in [5.74, 6) is -0.377. The number of aliphatic hydroxyl groups excluding tert-OH is 1. The van der Waals surface area contributed by atoms with Crippen LogP contribution in [-0.2, 0) is 6.42 Å². The fraction of sp³-hybridized carbons (Fsp3) is 0.118. The lowest BCUT2D eigenvalue weighted by Crippen LogP contribution is -2.05. The number of pyridine rings is 1. The highest BCUT2D eigenvalue weighted by Gasteiger charge is 2.15. The molecule has 4 heteroatoms. The zero-order valence-corrected chi connectivity index (χ0v) is 12.7. The average molecular weight is 346 g/mol. The molecule has 0 aliphatic heterocycles. The molecule has 1 unspecified atom stereocenters. The van der Waals surface area contributed by atoms with Crippen molar-refractivity contribution in [2.24, 2.45) is 0 Å². The first-order valence-corrected chi connectivity index (χ1v) is 7.41. The zero-order chi connectivity index (χ0) is 14.8. The highest BCUT2D eigenvalue weighted by atomic mass is 79.9. The van der Waals surface area contributed by atoms with Crippen LogP contribution >= 0.6 is 15.9 Å². The second-order valence-electron chi connectivity index (χ2n) is 4.86. The standard InChI is InChI=1S/C17H13BrFNO/c18-17-13(5-3-6-14(17)19)16(21)10-12-9-8-11-4-1-2-7-15(11)20-12/h1-9,16,21H,10H2. The van der Waals surface area contributed by atoms with Crippen LogP contribution in [0.3, 0.4) is 0 Å². The van der Waals surface area contributed by atoms with Crippen LogP contribution in [0.4, 0.5) is 4.39 Å². The Morgan fingerprint density at radius 1 is 1.05 bits per heavy atom. The average Bonchev–Trinajstić information content (AvgIpc) is 2.50. The number of hydrogen-bond donors (Lipinski definition) is 1. The number of halogens is 2. The van der Waals surface area contributed by atoms with Gasteiger partial charge in [0.2, 0.25) is 0 Å². The normalized spacial score (nSPS) is 12.5. The molecule has 1 heterocycles. The van der Waals surface area contributed by atoms with E-state index in [1.165, 1.54) is 6.07 Å². The maximum absolute atomic E-state index is 13.5. The van der Waals surface area contributed by atoms with Crippen molar-refractivity contribution in [3.8, 4) is 0 Å². The van der Waals surface area contributed by atoms with E-state index in [1.54, 1.807) is 12.1 Å². The van der Waals surface area contributed by atoms with Crippen molar-refractivity contribution in [3.05, 3.63) is 76.1 Å². The molecule has 0 aliphatic rings. The Morgan fingerprint density at radius 3 is 2.71 bits per heavy atom. The van der Waals surface area contributed by atoms with Crippen LogP contribution in [0.25, 0.3) is 10.9 Å². The molecule has 3 aromatic rings. The van der Waals surface area contributed by atoms with Crippen LogP contribution in [-0.4, -0.2) is 10.1 Å². The van der Waals surface area contributed by atoms with Gasteiger partial charge >= 0.3 is 0 Å². The van der Waals surface area contributed by atoms with Gasteiger partial charge in [-0.1, -0.05) is 36.4 Å². The minimum atomic E-state index is -0.802. The SMILES string of the molecule is OC(Cc1ccc2ccccc2n1)c1cccc(F)c1Br. The molecule has 0 radical (unpaired) electrons. The van der Waals surface area contributed by atoms with Gasteiger partial charge in [0, 0.05) is 17.5 Å². The van der Waals surface area contributed by atoms with E-state index in [4.69, 9.17) is 0 Å². The van der Waals surface area contributed by atoms with Gasteiger partial charge in [-0.15, -0.1) is 0 Å². The van der Waals surface area contributed by atoms with Crippen LogP contribution in [0.15, 0.2) is 59.1 Å². The van der Waals surface area contributed by atoms with Crippen molar-refractivity contribution in [3.63, 3.8) is 0 Å². The van der Waals surface area contributed by atoms with Crippen LogP contribution in [0.1, 0.15) is 17.4 Å². The molecule has 1 atom stereocenters. The molecular formula is C17H13BrFNO. The van der Waals surface area contributed by atoms with E-state index in [2.05, 4.69) is 20.9 Å². The summed E-state index contributed by atoms with van der Waals surface area (Å²) in [5.41, 5.74) is 2.20. The molecule has 0 saturated heterocycles. The topological polar surface area (TPSA) is 33.1 Å². The third-order valence-corrected chi connectivity index (χ3v) is 4.24. The van der Waals surface area contributed by atoms with Gasteiger partial charge in [0.05, 0.1) is 16.1 Å². The van der Waals surface area contributed by atoms with Gasteiger partial charge in [-0.3, -0.25) is 4.98 Å². The second-order valence-corrected chi connectivity index (χ2v) is 5.65. The van der Waals surface area contributed by atoms with E-state index < -0.39 is 6.10 Å². The molecule has 106 valence electrons. The number of rotatable bonds is 3. The van der Waals surface area contributed by atoms with E-state index in [1.807, 2.05) is 36.4 Å². The summed E-state index contributed by atoms with van der Waals surface area (Å²) in [6.45, 7) is 0. The first-order chi connectivity index (χ1) is 10.1. The lowest BCUT2D eigenvalue weighted by Gasteiger charge is -2.13. The van der Waals surface area contributed by atoms with Crippen molar-refractivity contribution >= 4 is 26.8 Å². The van der Waals surface area contributed by atoms with Gasteiger partial charge in [0.1, 0.15) is 5.82 Å². The largest absolute Gasteiger partial charge is 0.388 e. The molecular weight excluding hydrogens is 333 g/mol. The summed E-state index contributed by atoms with van der Waals surface area (Å²) in [7, 11) is 0. The van der Waals surface area contributed by atoms with Crippen molar-refractivity contribution < 1.29 is 9.50 Å². The number of nitrogens with zero attached hydrogens (tertiary/aromatic N) is 1. The number of aromatic nitrogens is 1. The van der Waals surface area contributed by atoms with Gasteiger partial charge in [-0.2, -0.15) is 0 Å². The van der Waals surface area contributed by atoms with E-state index in [9.17, 15) is 9.50 Å². The first kappa shape index (κ1) is 14.2. The molecule has 0 aliphatic carbocycles. The second kappa shape index (κ2) is 5.92. The first-order valence-electron chi connectivity index (χ1n) is 6.62. The molecule has 0 bridgehead atoms. The molecule has 1 aromatic heterocycles. The summed E-state index contributed by atoms with van der Waals surface area (Å²) in [4.78, 5) is 4.52. The Hall–Kier alpha value is -1.78. The fourth-order valence-electron chi connectivity index (χ4n) is 2.31. The molecule has 1 N–H and O–H groups in total. The van der Waals surface area contributed by atoms with Crippen molar-refractivity contribution in [1.82, 2.24) is 4.98 Å². The number of aliphatic hydroxyl groups is 1. The van der Waals surface area contributed by atoms with Gasteiger partial charge in [0.15, 0.2) is 0 Å².